The zero-order valence-electron chi connectivity index (χ0n) is 14.4. The molecule has 2 N–H and O–H groups in total. The smallest absolute Gasteiger partial charge is 0.139 e. The van der Waals surface area contributed by atoms with Gasteiger partial charge >= 0.3 is 0 Å². The first kappa shape index (κ1) is 17.0. The number of nitrogens with zero attached hydrogens (tertiary/aromatic N) is 2. The van der Waals surface area contributed by atoms with Crippen LogP contribution in [0.4, 0.5) is 10.1 Å². The predicted molar refractivity (Wildman–Crippen MR) is 99.4 cm³/mol. The van der Waals surface area contributed by atoms with Gasteiger partial charge in [0, 0.05) is 37.3 Å². The Morgan fingerprint density at radius 2 is 1.84 bits per heavy atom. The molecule has 0 radical (unpaired) electrons. The van der Waals surface area contributed by atoms with Gasteiger partial charge in [-0.1, -0.05) is 30.8 Å². The lowest BCUT2D eigenvalue weighted by molar-refractivity contribution is 0.0794. The fourth-order valence-corrected chi connectivity index (χ4v) is 3.27. The fraction of sp³-hybridized carbons (Fsp3) is 0.286. The number of anilines is 1. The van der Waals surface area contributed by atoms with Gasteiger partial charge in [0.1, 0.15) is 5.67 Å². The Bertz CT molecular complexity index is 825. The van der Waals surface area contributed by atoms with Crippen LogP contribution in [0.5, 0.6) is 0 Å². The number of alkyl halides is 1. The van der Waals surface area contributed by atoms with Crippen molar-refractivity contribution in [3.63, 3.8) is 0 Å². The molecule has 4 heteroatoms. The third-order valence-electron chi connectivity index (χ3n) is 5.08. The molecular weight excluding hydrogens is 313 g/mol. The lowest BCUT2D eigenvalue weighted by Crippen LogP contribution is -2.39. The summed E-state index contributed by atoms with van der Waals surface area (Å²) in [6.45, 7) is 7.35. The molecular formula is C21H22FN3. The van der Waals surface area contributed by atoms with E-state index in [2.05, 4.69) is 17.5 Å². The average Bonchev–Trinajstić information content (AvgIpc) is 2.64. The lowest BCUT2D eigenvalue weighted by Gasteiger charge is -2.39. The maximum Gasteiger partial charge on any atom is 0.139 e. The molecule has 0 aromatic heterocycles. The van der Waals surface area contributed by atoms with Crippen molar-refractivity contribution in [1.82, 2.24) is 4.90 Å². The molecule has 1 saturated heterocycles. The van der Waals surface area contributed by atoms with Gasteiger partial charge in [-0.05, 0) is 41.8 Å². The van der Waals surface area contributed by atoms with Crippen LogP contribution < -0.4 is 5.73 Å². The van der Waals surface area contributed by atoms with Crippen LogP contribution in [0.25, 0.3) is 5.70 Å². The number of likely N-dealkylation sites (tertiary alicyclic amines) is 1. The third kappa shape index (κ3) is 3.36. The summed E-state index contributed by atoms with van der Waals surface area (Å²) in [7, 11) is 0. The number of hydrogen-bond acceptors (Lipinski definition) is 3. The van der Waals surface area contributed by atoms with Crippen molar-refractivity contribution in [2.45, 2.75) is 25.4 Å². The number of halogens is 1. The van der Waals surface area contributed by atoms with Crippen LogP contribution in [0.3, 0.4) is 0 Å². The molecule has 25 heavy (non-hydrogen) atoms. The second kappa shape index (κ2) is 6.60. The summed E-state index contributed by atoms with van der Waals surface area (Å²) in [6, 6.07) is 14.8. The zero-order valence-corrected chi connectivity index (χ0v) is 14.4. The number of nitriles is 1. The van der Waals surface area contributed by atoms with Gasteiger partial charge in [-0.15, -0.1) is 0 Å². The van der Waals surface area contributed by atoms with Gasteiger partial charge in [0.25, 0.3) is 0 Å². The molecule has 0 aliphatic carbocycles. The van der Waals surface area contributed by atoms with E-state index in [-0.39, 0.29) is 0 Å². The SMILES string of the molecule is C=C(c1ccc(C)c(N)c1)N1CCC(F)(c2ccc(C#N)cc2)CC1. The van der Waals surface area contributed by atoms with Crippen LogP contribution in [0, 0.1) is 18.3 Å². The largest absolute Gasteiger partial charge is 0.398 e. The number of hydrogen-bond donors (Lipinski definition) is 1. The minimum absolute atomic E-state index is 0.402. The number of benzene rings is 2. The Hall–Kier alpha value is -2.80. The minimum Gasteiger partial charge on any atom is -0.398 e. The van der Waals surface area contributed by atoms with Gasteiger partial charge in [-0.2, -0.15) is 5.26 Å². The van der Waals surface area contributed by atoms with Crippen molar-refractivity contribution in [1.29, 1.82) is 5.26 Å². The van der Waals surface area contributed by atoms with Gasteiger partial charge in [0.2, 0.25) is 0 Å². The van der Waals surface area contributed by atoms with Crippen LogP contribution in [0.1, 0.15) is 35.1 Å². The molecule has 2 aromatic rings. The van der Waals surface area contributed by atoms with E-state index < -0.39 is 5.67 Å². The molecule has 0 unspecified atom stereocenters. The molecule has 0 bridgehead atoms. The predicted octanol–water partition coefficient (Wildman–Crippen LogP) is 4.38. The molecule has 128 valence electrons. The topological polar surface area (TPSA) is 53.0 Å². The average molecular weight is 335 g/mol. The van der Waals surface area contributed by atoms with Gasteiger partial charge in [-0.3, -0.25) is 0 Å². The number of rotatable bonds is 3. The van der Waals surface area contributed by atoms with Crippen molar-refractivity contribution >= 4 is 11.4 Å². The molecule has 3 nitrogen and oxygen atoms in total. The van der Waals surface area contributed by atoms with E-state index in [1.165, 1.54) is 0 Å². The van der Waals surface area contributed by atoms with Crippen LogP contribution in [0.15, 0.2) is 49.0 Å². The maximum atomic E-state index is 15.3. The molecule has 1 fully saturated rings. The number of piperidine rings is 1. The Balaban J connectivity index is 1.71. The van der Waals surface area contributed by atoms with Crippen LogP contribution in [0.2, 0.25) is 0 Å². The van der Waals surface area contributed by atoms with Crippen LogP contribution in [-0.4, -0.2) is 18.0 Å². The first-order chi connectivity index (χ1) is 11.9. The van der Waals surface area contributed by atoms with E-state index in [1.807, 2.05) is 25.1 Å². The summed E-state index contributed by atoms with van der Waals surface area (Å²) >= 11 is 0. The van der Waals surface area contributed by atoms with Gasteiger partial charge in [0.05, 0.1) is 11.6 Å². The highest BCUT2D eigenvalue weighted by molar-refractivity contribution is 5.66. The van der Waals surface area contributed by atoms with Crippen LogP contribution >= 0.6 is 0 Å². The normalized spacial score (nSPS) is 16.3. The van der Waals surface area contributed by atoms with Crippen molar-refractivity contribution in [2.24, 2.45) is 0 Å². The quantitative estimate of drug-likeness (QED) is 0.847. The highest BCUT2D eigenvalue weighted by Crippen LogP contribution is 2.39. The minimum atomic E-state index is -1.35. The molecule has 0 amide bonds. The first-order valence-electron chi connectivity index (χ1n) is 8.43. The van der Waals surface area contributed by atoms with E-state index in [0.717, 1.165) is 22.5 Å². The highest BCUT2D eigenvalue weighted by Gasteiger charge is 2.36. The Kier molecular flexibility index (Phi) is 4.50. The summed E-state index contributed by atoms with van der Waals surface area (Å²) in [6.07, 6.45) is 0.804. The van der Waals surface area contributed by atoms with Gasteiger partial charge < -0.3 is 10.6 Å². The molecule has 1 aliphatic heterocycles. The Labute approximate surface area is 148 Å². The number of nitrogen functional groups attached to an aromatic ring is 1. The van der Waals surface area contributed by atoms with Crippen molar-refractivity contribution in [3.05, 3.63) is 71.3 Å². The van der Waals surface area contributed by atoms with E-state index in [1.54, 1.807) is 24.3 Å². The van der Waals surface area contributed by atoms with Crippen molar-refractivity contribution < 1.29 is 4.39 Å². The highest BCUT2D eigenvalue weighted by atomic mass is 19.1. The first-order valence-corrected chi connectivity index (χ1v) is 8.43. The monoisotopic (exact) mass is 335 g/mol. The number of aryl methyl sites for hydroxylation is 1. The Morgan fingerprint density at radius 3 is 2.40 bits per heavy atom. The summed E-state index contributed by atoms with van der Waals surface area (Å²) < 4.78 is 15.3. The van der Waals surface area contributed by atoms with E-state index in [0.29, 0.717) is 37.1 Å². The zero-order chi connectivity index (χ0) is 18.0. The van der Waals surface area contributed by atoms with Gasteiger partial charge in [0.15, 0.2) is 0 Å². The van der Waals surface area contributed by atoms with E-state index >= 15 is 4.39 Å². The summed E-state index contributed by atoms with van der Waals surface area (Å²) in [4.78, 5) is 2.12. The van der Waals surface area contributed by atoms with E-state index in [4.69, 9.17) is 11.0 Å². The second-order valence-electron chi connectivity index (χ2n) is 6.66. The lowest BCUT2D eigenvalue weighted by atomic mass is 9.85. The molecule has 1 aliphatic rings. The second-order valence-corrected chi connectivity index (χ2v) is 6.66. The van der Waals surface area contributed by atoms with Crippen molar-refractivity contribution in [3.8, 4) is 6.07 Å². The third-order valence-corrected chi connectivity index (χ3v) is 5.08. The summed E-state index contributed by atoms with van der Waals surface area (Å²) in [5.74, 6) is 0. The van der Waals surface area contributed by atoms with E-state index in [9.17, 15) is 0 Å². The molecule has 0 spiro atoms. The maximum absolute atomic E-state index is 15.3. The number of nitrogens with two attached hydrogens (primary N) is 1. The summed E-state index contributed by atoms with van der Waals surface area (Å²) in [5, 5.41) is 8.87. The molecule has 0 atom stereocenters. The van der Waals surface area contributed by atoms with Crippen molar-refractivity contribution in [2.75, 3.05) is 18.8 Å². The molecule has 3 rings (SSSR count). The molecule has 0 saturated carbocycles. The van der Waals surface area contributed by atoms with Gasteiger partial charge in [-0.25, -0.2) is 4.39 Å². The Morgan fingerprint density at radius 1 is 1.20 bits per heavy atom. The molecule has 1 heterocycles. The van der Waals surface area contributed by atoms with Crippen LogP contribution in [-0.2, 0) is 5.67 Å². The molecule has 2 aromatic carbocycles. The summed E-state index contributed by atoms with van der Waals surface area (Å²) in [5.41, 5.74) is 9.49. The fourth-order valence-electron chi connectivity index (χ4n) is 3.27. The standard InChI is InChI=1S/C21H22FN3/c1-15-3-6-18(13-20(15)24)16(2)25-11-9-21(22,10-12-25)19-7-4-17(14-23)5-8-19/h3-8,13H,2,9-12,24H2,1H3.